The van der Waals surface area contributed by atoms with E-state index in [1.54, 1.807) is 0 Å². The largest absolute Gasteiger partial charge is 0.398 e. The maximum Gasteiger partial charge on any atom is 0.0693 e. The van der Waals surface area contributed by atoms with E-state index in [0.29, 0.717) is 0 Å². The van der Waals surface area contributed by atoms with Crippen LogP contribution in [-0.2, 0) is 6.54 Å². The Morgan fingerprint density at radius 2 is 1.94 bits per heavy atom. The number of nitrogens with one attached hydrogen (secondary N) is 1. The summed E-state index contributed by atoms with van der Waals surface area (Å²) in [6, 6.07) is 8.11. The molecule has 1 aromatic carbocycles. The van der Waals surface area contributed by atoms with E-state index in [0.717, 1.165) is 37.1 Å². The Morgan fingerprint density at radius 1 is 1.18 bits per heavy atom. The average Bonchev–Trinajstić information content (AvgIpc) is 2.53. The number of hydrogen-bond donors (Lipinski definition) is 3. The van der Waals surface area contributed by atoms with Crippen molar-refractivity contribution in [2.24, 2.45) is 0 Å². The fourth-order valence-electron chi connectivity index (χ4n) is 2.46. The zero-order valence-electron chi connectivity index (χ0n) is 10.2. The molecule has 0 amide bonds. The molecule has 0 aliphatic heterocycles. The standard InChI is InChI=1S/C14H22N2O/c15-12-7-5-4-6-11(12)10-16-13-8-2-1-3-9-14(13)17/h4-7,13-14,16-17H,1-3,8-10,15H2. The third-order valence-corrected chi connectivity index (χ3v) is 3.59. The summed E-state index contributed by atoms with van der Waals surface area (Å²) in [5, 5.41) is 13.4. The average molecular weight is 234 g/mol. The van der Waals surface area contributed by atoms with Crippen LogP contribution in [0.5, 0.6) is 0 Å². The van der Waals surface area contributed by atoms with E-state index in [1.165, 1.54) is 12.8 Å². The topological polar surface area (TPSA) is 58.3 Å². The van der Waals surface area contributed by atoms with Crippen LogP contribution in [0.4, 0.5) is 5.69 Å². The lowest BCUT2D eigenvalue weighted by molar-refractivity contribution is 0.119. The predicted octanol–water partition coefficient (Wildman–Crippen LogP) is 2.05. The van der Waals surface area contributed by atoms with Gasteiger partial charge in [0.1, 0.15) is 0 Å². The molecule has 3 nitrogen and oxygen atoms in total. The van der Waals surface area contributed by atoms with E-state index >= 15 is 0 Å². The zero-order chi connectivity index (χ0) is 12.1. The summed E-state index contributed by atoms with van der Waals surface area (Å²) >= 11 is 0. The van der Waals surface area contributed by atoms with Crippen molar-refractivity contribution in [1.82, 2.24) is 5.32 Å². The summed E-state index contributed by atoms with van der Waals surface area (Å²) in [6.45, 7) is 0.744. The van der Waals surface area contributed by atoms with Crippen LogP contribution in [0.3, 0.4) is 0 Å². The van der Waals surface area contributed by atoms with Gasteiger partial charge in [0.2, 0.25) is 0 Å². The molecule has 0 heterocycles. The van der Waals surface area contributed by atoms with Crippen molar-refractivity contribution < 1.29 is 5.11 Å². The van der Waals surface area contributed by atoms with Crippen molar-refractivity contribution in [1.29, 1.82) is 0 Å². The molecule has 17 heavy (non-hydrogen) atoms. The van der Waals surface area contributed by atoms with E-state index in [2.05, 4.69) is 5.32 Å². The zero-order valence-corrected chi connectivity index (χ0v) is 10.2. The lowest BCUT2D eigenvalue weighted by Crippen LogP contribution is -2.38. The summed E-state index contributed by atoms with van der Waals surface area (Å²) in [4.78, 5) is 0. The van der Waals surface area contributed by atoms with Gasteiger partial charge < -0.3 is 16.2 Å². The number of aliphatic hydroxyl groups excluding tert-OH is 1. The molecule has 3 heteroatoms. The fourth-order valence-corrected chi connectivity index (χ4v) is 2.46. The Bertz CT molecular complexity index is 354. The lowest BCUT2D eigenvalue weighted by atomic mass is 10.1. The van der Waals surface area contributed by atoms with E-state index in [1.807, 2.05) is 24.3 Å². The van der Waals surface area contributed by atoms with Gasteiger partial charge in [0, 0.05) is 18.3 Å². The maximum absolute atomic E-state index is 10.0. The Kier molecular flexibility index (Phi) is 4.40. The molecule has 2 unspecified atom stereocenters. The Balaban J connectivity index is 1.90. The highest BCUT2D eigenvalue weighted by Gasteiger charge is 2.20. The van der Waals surface area contributed by atoms with Crippen molar-refractivity contribution >= 4 is 5.69 Å². The molecular formula is C14H22N2O. The lowest BCUT2D eigenvalue weighted by Gasteiger charge is -2.22. The van der Waals surface area contributed by atoms with E-state index < -0.39 is 0 Å². The summed E-state index contributed by atoms with van der Waals surface area (Å²) in [6.07, 6.45) is 5.37. The molecule has 1 aromatic rings. The second-order valence-electron chi connectivity index (χ2n) is 4.89. The minimum absolute atomic E-state index is 0.206. The number of para-hydroxylation sites is 1. The Hall–Kier alpha value is -1.06. The van der Waals surface area contributed by atoms with Gasteiger partial charge in [0.25, 0.3) is 0 Å². The summed E-state index contributed by atoms with van der Waals surface area (Å²) in [5.41, 5.74) is 7.84. The minimum atomic E-state index is -0.206. The van der Waals surface area contributed by atoms with Crippen LogP contribution in [0, 0.1) is 0 Å². The van der Waals surface area contributed by atoms with E-state index in [-0.39, 0.29) is 12.1 Å². The monoisotopic (exact) mass is 234 g/mol. The van der Waals surface area contributed by atoms with Crippen LogP contribution >= 0.6 is 0 Å². The molecule has 1 saturated carbocycles. The molecule has 0 aromatic heterocycles. The van der Waals surface area contributed by atoms with Gasteiger partial charge in [-0.3, -0.25) is 0 Å². The number of rotatable bonds is 3. The quantitative estimate of drug-likeness (QED) is 0.554. The Labute approximate surface area is 103 Å². The fraction of sp³-hybridized carbons (Fsp3) is 0.571. The predicted molar refractivity (Wildman–Crippen MR) is 70.6 cm³/mol. The second kappa shape index (κ2) is 6.03. The molecule has 2 rings (SSSR count). The Morgan fingerprint density at radius 3 is 2.76 bits per heavy atom. The van der Waals surface area contributed by atoms with E-state index in [9.17, 15) is 5.11 Å². The van der Waals surface area contributed by atoms with Crippen molar-refractivity contribution in [2.45, 2.75) is 50.8 Å². The van der Waals surface area contributed by atoms with Crippen molar-refractivity contribution in [3.05, 3.63) is 29.8 Å². The minimum Gasteiger partial charge on any atom is -0.398 e. The number of hydrogen-bond acceptors (Lipinski definition) is 3. The third kappa shape index (κ3) is 3.45. The highest BCUT2D eigenvalue weighted by atomic mass is 16.3. The number of nitrogens with two attached hydrogens (primary N) is 1. The molecule has 1 aliphatic rings. The van der Waals surface area contributed by atoms with Crippen LogP contribution in [-0.4, -0.2) is 17.3 Å². The van der Waals surface area contributed by atoms with Gasteiger partial charge in [-0.1, -0.05) is 37.5 Å². The summed E-state index contributed by atoms with van der Waals surface area (Å²) < 4.78 is 0. The summed E-state index contributed by atoms with van der Waals surface area (Å²) in [5.74, 6) is 0. The van der Waals surface area contributed by atoms with Crippen LogP contribution in [0.2, 0.25) is 0 Å². The first-order chi connectivity index (χ1) is 8.27. The molecule has 4 N–H and O–H groups in total. The maximum atomic E-state index is 10.0. The molecule has 94 valence electrons. The number of anilines is 1. The first-order valence-electron chi connectivity index (χ1n) is 6.52. The van der Waals surface area contributed by atoms with Gasteiger partial charge in [-0.25, -0.2) is 0 Å². The van der Waals surface area contributed by atoms with Crippen LogP contribution in [0.25, 0.3) is 0 Å². The van der Waals surface area contributed by atoms with Gasteiger partial charge in [-0.15, -0.1) is 0 Å². The molecule has 0 spiro atoms. The van der Waals surface area contributed by atoms with Gasteiger partial charge >= 0.3 is 0 Å². The smallest absolute Gasteiger partial charge is 0.0693 e. The van der Waals surface area contributed by atoms with Gasteiger partial charge in [-0.2, -0.15) is 0 Å². The molecule has 0 bridgehead atoms. The molecular weight excluding hydrogens is 212 g/mol. The van der Waals surface area contributed by atoms with Gasteiger partial charge in [0.15, 0.2) is 0 Å². The highest BCUT2D eigenvalue weighted by molar-refractivity contribution is 5.46. The van der Waals surface area contributed by atoms with Crippen molar-refractivity contribution in [3.8, 4) is 0 Å². The first kappa shape index (κ1) is 12.4. The van der Waals surface area contributed by atoms with E-state index in [4.69, 9.17) is 5.73 Å². The van der Waals surface area contributed by atoms with Gasteiger partial charge in [0.05, 0.1) is 6.10 Å². The highest BCUT2D eigenvalue weighted by Crippen LogP contribution is 2.19. The normalized spacial score (nSPS) is 25.5. The third-order valence-electron chi connectivity index (χ3n) is 3.59. The first-order valence-corrected chi connectivity index (χ1v) is 6.52. The second-order valence-corrected chi connectivity index (χ2v) is 4.89. The van der Waals surface area contributed by atoms with Crippen molar-refractivity contribution in [2.75, 3.05) is 5.73 Å². The van der Waals surface area contributed by atoms with Crippen molar-refractivity contribution in [3.63, 3.8) is 0 Å². The number of nitrogen functional groups attached to an aromatic ring is 1. The summed E-state index contributed by atoms with van der Waals surface area (Å²) in [7, 11) is 0. The number of aliphatic hydroxyl groups is 1. The number of benzene rings is 1. The molecule has 1 fully saturated rings. The molecule has 0 saturated heterocycles. The molecule has 0 radical (unpaired) electrons. The van der Waals surface area contributed by atoms with Crippen LogP contribution in [0.1, 0.15) is 37.7 Å². The molecule has 1 aliphatic carbocycles. The van der Waals surface area contributed by atoms with Crippen LogP contribution < -0.4 is 11.1 Å². The SMILES string of the molecule is Nc1ccccc1CNC1CCCCCC1O. The van der Waals surface area contributed by atoms with Crippen LogP contribution in [0.15, 0.2) is 24.3 Å². The van der Waals surface area contributed by atoms with Gasteiger partial charge in [-0.05, 0) is 24.5 Å². The molecule has 2 atom stereocenters.